The summed E-state index contributed by atoms with van der Waals surface area (Å²) >= 11 is 11.7. The maximum atomic E-state index is 13.4. The lowest BCUT2D eigenvalue weighted by Gasteiger charge is -2.08. The number of anilines is 1. The molecule has 0 saturated carbocycles. The summed E-state index contributed by atoms with van der Waals surface area (Å²) in [5.41, 5.74) is 0.560. The molecule has 1 N–H and O–H groups in total. The SMILES string of the molecule is O=C(COC(=O)Cc1ccccc1F)Nc1ccc(Cl)cc1Cl. The molecule has 1 amide bonds. The van der Waals surface area contributed by atoms with Crippen LogP contribution in [0.2, 0.25) is 10.0 Å². The summed E-state index contributed by atoms with van der Waals surface area (Å²) in [5.74, 6) is -1.76. The second-order valence-corrected chi connectivity index (χ2v) is 5.44. The molecule has 2 rings (SSSR count). The summed E-state index contributed by atoms with van der Waals surface area (Å²) in [6.07, 6.45) is -0.248. The highest BCUT2D eigenvalue weighted by molar-refractivity contribution is 6.36. The molecule has 0 aliphatic carbocycles. The standard InChI is InChI=1S/C16H12Cl2FNO3/c17-11-5-6-14(12(18)8-11)20-15(21)9-23-16(22)7-10-3-1-2-4-13(10)19/h1-6,8H,7,9H2,(H,20,21). The molecule has 7 heteroatoms. The zero-order valence-corrected chi connectivity index (χ0v) is 13.3. The summed E-state index contributed by atoms with van der Waals surface area (Å²) in [6, 6.07) is 10.4. The number of carbonyl (C=O) groups excluding carboxylic acids is 2. The summed E-state index contributed by atoms with van der Waals surface area (Å²) in [4.78, 5) is 23.3. The molecule has 4 nitrogen and oxygen atoms in total. The number of nitrogens with one attached hydrogen (secondary N) is 1. The van der Waals surface area contributed by atoms with E-state index in [0.29, 0.717) is 10.7 Å². The van der Waals surface area contributed by atoms with Gasteiger partial charge in [-0.2, -0.15) is 0 Å². The van der Waals surface area contributed by atoms with E-state index in [0.717, 1.165) is 0 Å². The van der Waals surface area contributed by atoms with Gasteiger partial charge in [0.05, 0.1) is 17.1 Å². The van der Waals surface area contributed by atoms with Crippen molar-refractivity contribution in [2.45, 2.75) is 6.42 Å². The molecule has 0 bridgehead atoms. The van der Waals surface area contributed by atoms with Crippen LogP contribution in [0.3, 0.4) is 0 Å². The predicted molar refractivity (Wildman–Crippen MR) is 86.2 cm³/mol. The molecule has 0 fully saturated rings. The normalized spacial score (nSPS) is 10.2. The van der Waals surface area contributed by atoms with Crippen molar-refractivity contribution in [3.63, 3.8) is 0 Å². The fraction of sp³-hybridized carbons (Fsp3) is 0.125. The highest BCUT2D eigenvalue weighted by Crippen LogP contribution is 2.25. The molecular formula is C16H12Cl2FNO3. The Balaban J connectivity index is 1.84. The second-order valence-electron chi connectivity index (χ2n) is 4.60. The maximum absolute atomic E-state index is 13.4. The van der Waals surface area contributed by atoms with E-state index in [2.05, 4.69) is 5.32 Å². The van der Waals surface area contributed by atoms with Crippen LogP contribution < -0.4 is 5.32 Å². The average molecular weight is 356 g/mol. The largest absolute Gasteiger partial charge is 0.455 e. The van der Waals surface area contributed by atoms with Crippen molar-refractivity contribution in [2.24, 2.45) is 0 Å². The molecule has 0 spiro atoms. The van der Waals surface area contributed by atoms with Crippen molar-refractivity contribution in [1.29, 1.82) is 0 Å². The van der Waals surface area contributed by atoms with Gasteiger partial charge < -0.3 is 10.1 Å². The molecule has 0 unspecified atom stereocenters. The van der Waals surface area contributed by atoms with Crippen molar-refractivity contribution in [3.05, 3.63) is 63.9 Å². The van der Waals surface area contributed by atoms with E-state index in [1.165, 1.54) is 30.3 Å². The lowest BCUT2D eigenvalue weighted by molar-refractivity contribution is -0.146. The number of hydrogen-bond acceptors (Lipinski definition) is 3. The average Bonchev–Trinajstić information content (AvgIpc) is 2.50. The van der Waals surface area contributed by atoms with Crippen LogP contribution in [0, 0.1) is 5.82 Å². The highest BCUT2D eigenvalue weighted by atomic mass is 35.5. The number of benzene rings is 2. The quantitative estimate of drug-likeness (QED) is 0.828. The van der Waals surface area contributed by atoms with Crippen molar-refractivity contribution in [2.75, 3.05) is 11.9 Å². The lowest BCUT2D eigenvalue weighted by Crippen LogP contribution is -2.22. The predicted octanol–water partition coefficient (Wildman–Crippen LogP) is 3.86. The molecular weight excluding hydrogens is 344 g/mol. The third-order valence-corrected chi connectivity index (χ3v) is 3.41. The van der Waals surface area contributed by atoms with Gasteiger partial charge in [0.2, 0.25) is 0 Å². The Labute approximate surface area is 142 Å². The van der Waals surface area contributed by atoms with E-state index in [1.807, 2.05) is 0 Å². The smallest absolute Gasteiger partial charge is 0.310 e. The lowest BCUT2D eigenvalue weighted by atomic mass is 10.1. The van der Waals surface area contributed by atoms with Crippen LogP contribution in [0.5, 0.6) is 0 Å². The van der Waals surface area contributed by atoms with Crippen molar-refractivity contribution < 1.29 is 18.7 Å². The zero-order chi connectivity index (χ0) is 16.8. The van der Waals surface area contributed by atoms with Gasteiger partial charge in [-0.05, 0) is 29.8 Å². The van der Waals surface area contributed by atoms with Crippen LogP contribution in [0.4, 0.5) is 10.1 Å². The molecule has 2 aromatic rings. The van der Waals surface area contributed by atoms with Crippen molar-refractivity contribution in [1.82, 2.24) is 0 Å². The summed E-state index contributed by atoms with van der Waals surface area (Å²) in [5, 5.41) is 3.19. The van der Waals surface area contributed by atoms with Crippen LogP contribution in [0.25, 0.3) is 0 Å². The first-order valence-corrected chi connectivity index (χ1v) is 7.35. The fourth-order valence-corrected chi connectivity index (χ4v) is 2.23. The third-order valence-electron chi connectivity index (χ3n) is 2.86. The van der Waals surface area contributed by atoms with E-state index < -0.39 is 24.3 Å². The van der Waals surface area contributed by atoms with E-state index in [4.69, 9.17) is 27.9 Å². The van der Waals surface area contributed by atoms with E-state index in [1.54, 1.807) is 12.1 Å². The molecule has 0 radical (unpaired) electrons. The topological polar surface area (TPSA) is 55.4 Å². The van der Waals surface area contributed by atoms with Gasteiger partial charge in [-0.25, -0.2) is 4.39 Å². The Hall–Kier alpha value is -2.11. The summed E-state index contributed by atoms with van der Waals surface area (Å²) < 4.78 is 18.2. The summed E-state index contributed by atoms with van der Waals surface area (Å²) in [6.45, 7) is -0.494. The second kappa shape index (κ2) is 7.94. The molecule has 0 saturated heterocycles. The Morgan fingerprint density at radius 2 is 1.87 bits per heavy atom. The number of carbonyl (C=O) groups is 2. The Bertz CT molecular complexity index is 737. The van der Waals surface area contributed by atoms with Gasteiger partial charge in [0.25, 0.3) is 5.91 Å². The van der Waals surface area contributed by atoms with Gasteiger partial charge in [0.15, 0.2) is 6.61 Å². The summed E-state index contributed by atoms with van der Waals surface area (Å²) in [7, 11) is 0. The van der Waals surface area contributed by atoms with Gasteiger partial charge in [-0.15, -0.1) is 0 Å². The molecule has 0 aliphatic rings. The number of esters is 1. The number of ether oxygens (including phenoxy) is 1. The molecule has 120 valence electrons. The Morgan fingerprint density at radius 3 is 2.57 bits per heavy atom. The molecule has 0 aliphatic heterocycles. The van der Waals surface area contributed by atoms with Gasteiger partial charge in [0, 0.05) is 5.02 Å². The van der Waals surface area contributed by atoms with E-state index >= 15 is 0 Å². The van der Waals surface area contributed by atoms with Crippen LogP contribution in [-0.4, -0.2) is 18.5 Å². The van der Waals surface area contributed by atoms with Crippen molar-refractivity contribution in [3.8, 4) is 0 Å². The van der Waals surface area contributed by atoms with Gasteiger partial charge in [-0.1, -0.05) is 41.4 Å². The first-order chi connectivity index (χ1) is 11.0. The van der Waals surface area contributed by atoms with Crippen LogP contribution in [0.15, 0.2) is 42.5 Å². The van der Waals surface area contributed by atoms with Gasteiger partial charge in [-0.3, -0.25) is 9.59 Å². The van der Waals surface area contributed by atoms with Crippen molar-refractivity contribution >= 4 is 40.8 Å². The minimum Gasteiger partial charge on any atom is -0.455 e. The van der Waals surface area contributed by atoms with Crippen LogP contribution in [-0.2, 0) is 20.7 Å². The molecule has 0 atom stereocenters. The first kappa shape index (κ1) is 17.2. The van der Waals surface area contributed by atoms with Crippen LogP contribution in [0.1, 0.15) is 5.56 Å². The van der Waals surface area contributed by atoms with Crippen LogP contribution >= 0.6 is 23.2 Å². The Morgan fingerprint density at radius 1 is 1.13 bits per heavy atom. The molecule has 23 heavy (non-hydrogen) atoms. The number of rotatable bonds is 5. The number of amides is 1. The molecule has 0 heterocycles. The zero-order valence-electron chi connectivity index (χ0n) is 11.8. The van der Waals surface area contributed by atoms with E-state index in [9.17, 15) is 14.0 Å². The third kappa shape index (κ3) is 5.23. The fourth-order valence-electron chi connectivity index (χ4n) is 1.77. The highest BCUT2D eigenvalue weighted by Gasteiger charge is 2.12. The molecule has 0 aromatic heterocycles. The monoisotopic (exact) mass is 355 g/mol. The molecule has 2 aromatic carbocycles. The minimum absolute atomic E-state index is 0.207. The number of halogens is 3. The van der Waals surface area contributed by atoms with E-state index in [-0.39, 0.29) is 17.0 Å². The Kier molecular flexibility index (Phi) is 5.96. The maximum Gasteiger partial charge on any atom is 0.310 e. The number of hydrogen-bond donors (Lipinski definition) is 1. The first-order valence-electron chi connectivity index (χ1n) is 6.59. The van der Waals surface area contributed by atoms with Gasteiger partial charge in [0.1, 0.15) is 5.82 Å². The minimum atomic E-state index is -0.701. The van der Waals surface area contributed by atoms with Gasteiger partial charge >= 0.3 is 5.97 Å².